The van der Waals surface area contributed by atoms with Gasteiger partial charge in [-0.2, -0.15) is 0 Å². The lowest BCUT2D eigenvalue weighted by molar-refractivity contribution is -0.144. The number of aliphatic hydroxyl groups is 2. The van der Waals surface area contributed by atoms with E-state index in [0.717, 1.165) is 0 Å². The van der Waals surface area contributed by atoms with E-state index in [1.165, 1.54) is 6.92 Å². The minimum absolute atomic E-state index is 0.135. The van der Waals surface area contributed by atoms with Gasteiger partial charge in [0.05, 0.1) is 19.8 Å². The Hall–Kier alpha value is -1.20. The van der Waals surface area contributed by atoms with Gasteiger partial charge in [0.15, 0.2) is 0 Å². The molecule has 0 aliphatic carbocycles. The van der Waals surface area contributed by atoms with Gasteiger partial charge in [-0.05, 0) is 19.1 Å². The first-order valence-corrected chi connectivity index (χ1v) is 7.94. The first-order valence-electron chi connectivity index (χ1n) is 6.24. The maximum Gasteiger partial charge on any atom is 0.318 e. The minimum atomic E-state index is -3.49. The number of carbonyl (C=O) groups is 1. The van der Waals surface area contributed by atoms with Crippen molar-refractivity contribution in [3.63, 3.8) is 0 Å². The van der Waals surface area contributed by atoms with Gasteiger partial charge in [0.25, 0.3) is 0 Å². The zero-order valence-corrected chi connectivity index (χ0v) is 12.2. The summed E-state index contributed by atoms with van der Waals surface area (Å²) in [6.45, 7) is 0.563. The van der Waals surface area contributed by atoms with E-state index in [4.69, 9.17) is 19.5 Å². The van der Waals surface area contributed by atoms with Crippen molar-refractivity contribution in [2.45, 2.75) is 12.6 Å². The highest BCUT2D eigenvalue weighted by atomic mass is 31.2. The van der Waals surface area contributed by atoms with Gasteiger partial charge >= 0.3 is 5.97 Å². The summed E-state index contributed by atoms with van der Waals surface area (Å²) in [6.07, 6.45) is 0. The molecule has 2 unspecified atom stereocenters. The van der Waals surface area contributed by atoms with E-state index in [-0.39, 0.29) is 26.4 Å². The number of esters is 1. The monoisotopic (exact) mass is 302 g/mol. The molecule has 1 aromatic carbocycles. The number of aliphatic hydroxyl groups excluding tert-OH is 2. The molecule has 0 heterocycles. The molecule has 1 aromatic rings. The summed E-state index contributed by atoms with van der Waals surface area (Å²) in [4.78, 5) is 11.8. The maximum atomic E-state index is 13.0. The van der Waals surface area contributed by atoms with Crippen molar-refractivity contribution < 1.29 is 28.8 Å². The third-order valence-electron chi connectivity index (χ3n) is 2.68. The van der Waals surface area contributed by atoms with Crippen molar-refractivity contribution >= 4 is 18.6 Å². The predicted octanol–water partition coefficient (Wildman–Crippen LogP) is 0.523. The fourth-order valence-corrected chi connectivity index (χ4v) is 3.74. The van der Waals surface area contributed by atoms with Crippen molar-refractivity contribution in [2.24, 2.45) is 0 Å². The van der Waals surface area contributed by atoms with Crippen LogP contribution in [0.4, 0.5) is 0 Å². The van der Waals surface area contributed by atoms with Crippen LogP contribution in [0.2, 0.25) is 0 Å². The van der Waals surface area contributed by atoms with Crippen LogP contribution in [0.3, 0.4) is 0 Å². The normalized spacial score (nSPS) is 15.3. The third kappa shape index (κ3) is 4.15. The minimum Gasteiger partial charge on any atom is -0.463 e. The number of ether oxygens (including phenoxy) is 1. The highest BCUT2D eigenvalue weighted by Crippen LogP contribution is 2.50. The number of rotatable bonds is 8. The van der Waals surface area contributed by atoms with Crippen LogP contribution in [-0.4, -0.2) is 48.3 Å². The summed E-state index contributed by atoms with van der Waals surface area (Å²) in [5.41, 5.74) is -1.01. The Morgan fingerprint density at radius 2 is 1.80 bits per heavy atom. The Morgan fingerprint density at radius 3 is 2.35 bits per heavy atom. The van der Waals surface area contributed by atoms with E-state index >= 15 is 0 Å². The van der Waals surface area contributed by atoms with Crippen LogP contribution in [0.15, 0.2) is 30.3 Å². The van der Waals surface area contributed by atoms with Crippen molar-refractivity contribution in [3.8, 4) is 0 Å². The molecule has 0 radical (unpaired) electrons. The van der Waals surface area contributed by atoms with Gasteiger partial charge < -0.3 is 19.5 Å². The highest BCUT2D eigenvalue weighted by Gasteiger charge is 2.38. The van der Waals surface area contributed by atoms with Crippen LogP contribution < -0.4 is 5.30 Å². The summed E-state index contributed by atoms with van der Waals surface area (Å²) in [6, 6.07) is 8.35. The van der Waals surface area contributed by atoms with E-state index in [9.17, 15) is 9.36 Å². The van der Waals surface area contributed by atoms with Gasteiger partial charge in [-0.15, -0.1) is 0 Å². The highest BCUT2D eigenvalue weighted by molar-refractivity contribution is 7.68. The summed E-state index contributed by atoms with van der Waals surface area (Å²) in [5, 5.41) is 17.9. The molecule has 2 atom stereocenters. The van der Waals surface area contributed by atoms with Crippen LogP contribution >= 0.6 is 7.37 Å². The summed E-state index contributed by atoms with van der Waals surface area (Å²) >= 11 is 0. The van der Waals surface area contributed by atoms with E-state index < -0.39 is 19.0 Å². The Kier molecular flexibility index (Phi) is 6.88. The molecule has 6 nitrogen and oxygen atoms in total. The molecule has 20 heavy (non-hydrogen) atoms. The van der Waals surface area contributed by atoms with E-state index in [1.54, 1.807) is 30.3 Å². The molecule has 0 bridgehead atoms. The average Bonchev–Trinajstić information content (AvgIpc) is 2.50. The Bertz CT molecular complexity index is 461. The van der Waals surface area contributed by atoms with Gasteiger partial charge in [-0.25, -0.2) is 0 Å². The summed E-state index contributed by atoms with van der Waals surface area (Å²) in [5.74, 6) is -0.704. The first kappa shape index (κ1) is 16.9. The molecular formula is C13H19O6P. The molecule has 0 aliphatic rings. The maximum absolute atomic E-state index is 13.0. The van der Waals surface area contributed by atoms with Gasteiger partial charge in [-0.1, -0.05) is 18.2 Å². The second kappa shape index (κ2) is 8.17. The zero-order chi connectivity index (χ0) is 15.0. The molecule has 1 rings (SSSR count). The second-order valence-corrected chi connectivity index (χ2v) is 6.80. The van der Waals surface area contributed by atoms with Crippen LogP contribution in [0, 0.1) is 0 Å². The molecule has 2 N–H and O–H groups in total. The Labute approximate surface area is 117 Å². The third-order valence-corrected chi connectivity index (χ3v) is 5.49. The van der Waals surface area contributed by atoms with Gasteiger partial charge in [0.2, 0.25) is 7.37 Å². The van der Waals surface area contributed by atoms with Crippen LogP contribution in [0.5, 0.6) is 0 Å². The van der Waals surface area contributed by atoms with Gasteiger partial charge in [0.1, 0.15) is 12.3 Å². The molecule has 0 aliphatic heterocycles. The average molecular weight is 302 g/mol. The van der Waals surface area contributed by atoms with E-state index in [1.807, 2.05) is 0 Å². The molecule has 0 fully saturated rings. The van der Waals surface area contributed by atoms with Crippen LogP contribution in [-0.2, 0) is 18.6 Å². The van der Waals surface area contributed by atoms with Crippen molar-refractivity contribution in [3.05, 3.63) is 30.3 Å². The van der Waals surface area contributed by atoms with E-state index in [2.05, 4.69) is 0 Å². The van der Waals surface area contributed by atoms with Crippen LogP contribution in [0.25, 0.3) is 0 Å². The van der Waals surface area contributed by atoms with Crippen LogP contribution in [0.1, 0.15) is 6.92 Å². The fourth-order valence-electron chi connectivity index (χ4n) is 1.63. The second-order valence-electron chi connectivity index (χ2n) is 4.06. The van der Waals surface area contributed by atoms with Crippen molar-refractivity contribution in [2.75, 3.05) is 26.4 Å². The molecule has 0 saturated heterocycles. The summed E-state index contributed by atoms with van der Waals surface area (Å²) in [7, 11) is -3.49. The van der Waals surface area contributed by atoms with Gasteiger partial charge in [0, 0.05) is 5.30 Å². The zero-order valence-electron chi connectivity index (χ0n) is 11.3. The molecule has 112 valence electrons. The fraction of sp³-hybridized carbons (Fsp3) is 0.462. The Morgan fingerprint density at radius 1 is 1.20 bits per heavy atom. The van der Waals surface area contributed by atoms with Gasteiger partial charge in [-0.3, -0.25) is 9.36 Å². The standard InChI is InChI=1S/C13H19O6P/c1-11(13(16)18-9-7-14)20(17,19-10-8-15)12-5-3-2-4-6-12/h2-6,11,14-15H,7-10H2,1H3. The lowest BCUT2D eigenvalue weighted by Crippen LogP contribution is -2.28. The number of hydrogen-bond donors (Lipinski definition) is 2. The molecule has 0 amide bonds. The molecule has 0 aromatic heterocycles. The first-order chi connectivity index (χ1) is 9.56. The summed E-state index contributed by atoms with van der Waals surface area (Å²) < 4.78 is 23.0. The number of carbonyl (C=O) groups excluding carboxylic acids is 1. The largest absolute Gasteiger partial charge is 0.463 e. The molecular weight excluding hydrogens is 283 g/mol. The van der Waals surface area contributed by atoms with Crippen molar-refractivity contribution in [1.82, 2.24) is 0 Å². The molecule has 7 heteroatoms. The Balaban J connectivity index is 2.99. The number of benzene rings is 1. The lowest BCUT2D eigenvalue weighted by Gasteiger charge is -2.23. The lowest BCUT2D eigenvalue weighted by atomic mass is 10.4. The number of hydrogen-bond acceptors (Lipinski definition) is 6. The smallest absolute Gasteiger partial charge is 0.318 e. The quantitative estimate of drug-likeness (QED) is 0.537. The SMILES string of the molecule is CC(C(=O)OCCO)P(=O)(OCCO)c1ccccc1. The van der Waals surface area contributed by atoms with E-state index in [0.29, 0.717) is 5.30 Å². The topological polar surface area (TPSA) is 93.1 Å². The molecule has 0 saturated carbocycles. The molecule has 0 spiro atoms. The van der Waals surface area contributed by atoms with Crippen molar-refractivity contribution in [1.29, 1.82) is 0 Å². The predicted molar refractivity (Wildman–Crippen MR) is 74.2 cm³/mol.